The van der Waals surface area contributed by atoms with Crippen LogP contribution < -0.4 is 10.5 Å². The summed E-state index contributed by atoms with van der Waals surface area (Å²) in [5, 5.41) is 0. The first kappa shape index (κ1) is 12.3. The standard InChI is InChI=1S/C12H20N4O/c1-9-7-10(8-13)15-12(14-9)17-11-3-5-16(2)6-4-11/h7,11H,3-6,8,13H2,1-2H3. The lowest BCUT2D eigenvalue weighted by atomic mass is 10.1. The number of hydrogen-bond donors (Lipinski definition) is 1. The van der Waals surface area contributed by atoms with E-state index in [9.17, 15) is 0 Å². The molecule has 1 saturated heterocycles. The van der Waals surface area contributed by atoms with E-state index < -0.39 is 0 Å². The second-order valence-electron chi connectivity index (χ2n) is 4.61. The van der Waals surface area contributed by atoms with Crippen molar-refractivity contribution in [3.63, 3.8) is 0 Å². The monoisotopic (exact) mass is 236 g/mol. The molecule has 2 heterocycles. The van der Waals surface area contributed by atoms with Gasteiger partial charge in [-0.05, 0) is 32.9 Å². The number of piperidine rings is 1. The van der Waals surface area contributed by atoms with E-state index in [0.717, 1.165) is 37.3 Å². The van der Waals surface area contributed by atoms with Crippen LogP contribution in [0.4, 0.5) is 0 Å². The van der Waals surface area contributed by atoms with Crippen molar-refractivity contribution in [3.05, 3.63) is 17.5 Å². The van der Waals surface area contributed by atoms with E-state index in [1.54, 1.807) is 0 Å². The van der Waals surface area contributed by atoms with Gasteiger partial charge in [0.25, 0.3) is 0 Å². The smallest absolute Gasteiger partial charge is 0.317 e. The number of aryl methyl sites for hydroxylation is 1. The van der Waals surface area contributed by atoms with Crippen LogP contribution in [0.2, 0.25) is 0 Å². The zero-order valence-corrected chi connectivity index (χ0v) is 10.5. The third kappa shape index (κ3) is 3.38. The van der Waals surface area contributed by atoms with E-state index >= 15 is 0 Å². The van der Waals surface area contributed by atoms with E-state index in [2.05, 4.69) is 21.9 Å². The Labute approximate surface area is 102 Å². The van der Waals surface area contributed by atoms with Crippen molar-refractivity contribution in [1.82, 2.24) is 14.9 Å². The summed E-state index contributed by atoms with van der Waals surface area (Å²) in [6, 6.07) is 2.36. The van der Waals surface area contributed by atoms with Crippen molar-refractivity contribution in [2.75, 3.05) is 20.1 Å². The van der Waals surface area contributed by atoms with Gasteiger partial charge in [-0.25, -0.2) is 4.98 Å². The van der Waals surface area contributed by atoms with E-state index in [-0.39, 0.29) is 6.10 Å². The van der Waals surface area contributed by atoms with Gasteiger partial charge in [0.2, 0.25) is 0 Å². The van der Waals surface area contributed by atoms with E-state index in [1.165, 1.54) is 0 Å². The number of rotatable bonds is 3. The highest BCUT2D eigenvalue weighted by atomic mass is 16.5. The van der Waals surface area contributed by atoms with Crippen LogP contribution in [0.15, 0.2) is 6.07 Å². The van der Waals surface area contributed by atoms with Gasteiger partial charge in [-0.2, -0.15) is 4.98 Å². The number of aromatic nitrogens is 2. The maximum absolute atomic E-state index is 5.82. The Hall–Kier alpha value is -1.20. The average Bonchev–Trinajstić information content (AvgIpc) is 2.31. The lowest BCUT2D eigenvalue weighted by Gasteiger charge is -2.28. The molecule has 0 unspecified atom stereocenters. The highest BCUT2D eigenvalue weighted by molar-refractivity contribution is 5.12. The molecule has 0 bridgehead atoms. The molecule has 1 fully saturated rings. The molecule has 0 atom stereocenters. The molecule has 0 aromatic carbocycles. The van der Waals surface area contributed by atoms with E-state index in [0.29, 0.717) is 12.6 Å². The summed E-state index contributed by atoms with van der Waals surface area (Å²) in [5.41, 5.74) is 7.33. The third-order valence-corrected chi connectivity index (χ3v) is 3.03. The normalized spacial score (nSPS) is 18.3. The van der Waals surface area contributed by atoms with Gasteiger partial charge in [-0.3, -0.25) is 0 Å². The Morgan fingerprint density at radius 1 is 1.41 bits per heavy atom. The fraction of sp³-hybridized carbons (Fsp3) is 0.667. The van der Waals surface area contributed by atoms with Crippen LogP contribution in [0, 0.1) is 6.92 Å². The number of nitrogens with two attached hydrogens (primary N) is 1. The molecule has 0 spiro atoms. The summed E-state index contributed by atoms with van der Waals surface area (Å²) in [4.78, 5) is 10.9. The van der Waals surface area contributed by atoms with Crippen molar-refractivity contribution < 1.29 is 4.74 Å². The molecule has 1 aliphatic rings. The molecule has 1 aromatic heterocycles. The summed E-state index contributed by atoms with van der Waals surface area (Å²) in [5.74, 6) is 0. The molecular weight excluding hydrogens is 216 g/mol. The first-order chi connectivity index (χ1) is 8.17. The number of likely N-dealkylation sites (tertiary alicyclic amines) is 1. The fourth-order valence-electron chi connectivity index (χ4n) is 2.01. The summed E-state index contributed by atoms with van der Waals surface area (Å²) in [7, 11) is 2.13. The molecule has 5 nitrogen and oxygen atoms in total. The topological polar surface area (TPSA) is 64.3 Å². The molecule has 2 rings (SSSR count). The van der Waals surface area contributed by atoms with Crippen LogP contribution in [0.25, 0.3) is 0 Å². The number of nitrogens with zero attached hydrogens (tertiary/aromatic N) is 3. The average molecular weight is 236 g/mol. The number of hydrogen-bond acceptors (Lipinski definition) is 5. The van der Waals surface area contributed by atoms with Crippen molar-refractivity contribution in [1.29, 1.82) is 0 Å². The molecule has 94 valence electrons. The Balaban J connectivity index is 2.00. The van der Waals surface area contributed by atoms with Gasteiger partial charge in [-0.15, -0.1) is 0 Å². The molecule has 1 aromatic rings. The molecule has 5 heteroatoms. The molecule has 0 aliphatic carbocycles. The van der Waals surface area contributed by atoms with Crippen molar-refractivity contribution >= 4 is 0 Å². The number of ether oxygens (including phenoxy) is 1. The minimum absolute atomic E-state index is 0.235. The second kappa shape index (κ2) is 5.42. The van der Waals surface area contributed by atoms with Gasteiger partial charge in [-0.1, -0.05) is 0 Å². The van der Waals surface area contributed by atoms with Crippen LogP contribution in [0.5, 0.6) is 6.01 Å². The molecule has 1 aliphatic heterocycles. The Morgan fingerprint density at radius 2 is 2.12 bits per heavy atom. The summed E-state index contributed by atoms with van der Waals surface area (Å²) in [6.45, 7) is 4.50. The Kier molecular flexibility index (Phi) is 3.91. The van der Waals surface area contributed by atoms with Gasteiger partial charge in [0.05, 0.1) is 5.69 Å². The first-order valence-electron chi connectivity index (χ1n) is 6.07. The van der Waals surface area contributed by atoms with Gasteiger partial charge >= 0.3 is 6.01 Å². The van der Waals surface area contributed by atoms with E-state index in [4.69, 9.17) is 10.5 Å². The van der Waals surface area contributed by atoms with Gasteiger partial charge < -0.3 is 15.4 Å². The van der Waals surface area contributed by atoms with Crippen LogP contribution in [-0.4, -0.2) is 41.1 Å². The minimum atomic E-state index is 0.235. The second-order valence-corrected chi connectivity index (χ2v) is 4.61. The SMILES string of the molecule is Cc1cc(CN)nc(OC2CCN(C)CC2)n1. The lowest BCUT2D eigenvalue weighted by Crippen LogP contribution is -2.36. The van der Waals surface area contributed by atoms with Crippen molar-refractivity contribution in [2.45, 2.75) is 32.4 Å². The maximum atomic E-state index is 5.82. The van der Waals surface area contributed by atoms with E-state index in [1.807, 2.05) is 13.0 Å². The van der Waals surface area contributed by atoms with Gasteiger partial charge in [0.1, 0.15) is 6.10 Å². The van der Waals surface area contributed by atoms with Crippen molar-refractivity contribution in [3.8, 4) is 6.01 Å². The highest BCUT2D eigenvalue weighted by Crippen LogP contribution is 2.15. The summed E-state index contributed by atoms with van der Waals surface area (Å²) < 4.78 is 5.82. The Morgan fingerprint density at radius 3 is 2.76 bits per heavy atom. The third-order valence-electron chi connectivity index (χ3n) is 3.03. The zero-order valence-electron chi connectivity index (χ0n) is 10.5. The van der Waals surface area contributed by atoms with Crippen LogP contribution in [-0.2, 0) is 6.54 Å². The molecular formula is C12H20N4O. The predicted molar refractivity (Wildman–Crippen MR) is 65.8 cm³/mol. The molecule has 0 amide bonds. The lowest BCUT2D eigenvalue weighted by molar-refractivity contribution is 0.105. The Bertz CT molecular complexity index is 375. The quantitative estimate of drug-likeness (QED) is 0.837. The highest BCUT2D eigenvalue weighted by Gasteiger charge is 2.19. The maximum Gasteiger partial charge on any atom is 0.317 e. The first-order valence-corrected chi connectivity index (χ1v) is 6.07. The molecule has 0 radical (unpaired) electrons. The summed E-state index contributed by atoms with van der Waals surface area (Å²) in [6.07, 6.45) is 2.30. The molecule has 17 heavy (non-hydrogen) atoms. The largest absolute Gasteiger partial charge is 0.460 e. The predicted octanol–water partition coefficient (Wildman–Crippen LogP) is 0.717. The van der Waals surface area contributed by atoms with Crippen LogP contribution in [0.3, 0.4) is 0 Å². The van der Waals surface area contributed by atoms with Crippen molar-refractivity contribution in [2.24, 2.45) is 5.73 Å². The fourth-order valence-corrected chi connectivity index (χ4v) is 2.01. The van der Waals surface area contributed by atoms with Crippen LogP contribution in [0.1, 0.15) is 24.2 Å². The summed E-state index contributed by atoms with van der Waals surface area (Å²) >= 11 is 0. The molecule has 2 N–H and O–H groups in total. The zero-order chi connectivity index (χ0) is 12.3. The van der Waals surface area contributed by atoms with Gasteiger partial charge in [0, 0.05) is 25.3 Å². The minimum Gasteiger partial charge on any atom is -0.460 e. The molecule has 0 saturated carbocycles. The van der Waals surface area contributed by atoms with Gasteiger partial charge in [0.15, 0.2) is 0 Å². The van der Waals surface area contributed by atoms with Crippen LogP contribution >= 0.6 is 0 Å².